The van der Waals surface area contributed by atoms with Crippen molar-refractivity contribution in [3.63, 3.8) is 0 Å². The lowest BCUT2D eigenvalue weighted by atomic mass is 9.75. The summed E-state index contributed by atoms with van der Waals surface area (Å²) in [5.74, 6) is 0.126. The molecule has 102 valence electrons. The molecule has 2 aromatic rings. The standard InChI is InChI=1S/C17H17NO2/c1-17(2)10-14-13(15(19)11-17)8-9-16(20)18(14)12-6-4-3-5-7-12/h3-9H,10-11H2,1-2H3. The monoisotopic (exact) mass is 267 g/mol. The minimum absolute atomic E-state index is 0.0829. The molecule has 3 nitrogen and oxygen atoms in total. The van der Waals surface area contributed by atoms with Gasteiger partial charge in [-0.05, 0) is 30.0 Å². The Morgan fingerprint density at radius 2 is 1.65 bits per heavy atom. The van der Waals surface area contributed by atoms with Crippen LogP contribution in [0.15, 0.2) is 47.3 Å². The van der Waals surface area contributed by atoms with Crippen molar-refractivity contribution in [1.82, 2.24) is 4.57 Å². The molecule has 3 heteroatoms. The number of ketones is 1. The van der Waals surface area contributed by atoms with E-state index in [-0.39, 0.29) is 16.8 Å². The molecule has 0 spiro atoms. The second-order valence-electron chi connectivity index (χ2n) is 6.14. The number of pyridine rings is 1. The molecule has 1 aromatic heterocycles. The summed E-state index contributed by atoms with van der Waals surface area (Å²) in [5, 5.41) is 0. The summed E-state index contributed by atoms with van der Waals surface area (Å²) in [4.78, 5) is 24.5. The number of fused-ring (bicyclic) bond motifs is 1. The number of aromatic nitrogens is 1. The fraction of sp³-hybridized carbons (Fsp3) is 0.294. The molecule has 0 saturated heterocycles. The van der Waals surface area contributed by atoms with Crippen molar-refractivity contribution >= 4 is 5.78 Å². The van der Waals surface area contributed by atoms with Crippen LogP contribution in [-0.4, -0.2) is 10.4 Å². The highest BCUT2D eigenvalue weighted by molar-refractivity contribution is 5.98. The second kappa shape index (κ2) is 4.44. The first kappa shape index (κ1) is 12.9. The highest BCUT2D eigenvalue weighted by Gasteiger charge is 2.33. The van der Waals surface area contributed by atoms with Gasteiger partial charge in [0.25, 0.3) is 5.56 Å². The number of hydrogen-bond acceptors (Lipinski definition) is 2. The maximum Gasteiger partial charge on any atom is 0.255 e. The summed E-state index contributed by atoms with van der Waals surface area (Å²) in [6, 6.07) is 12.7. The molecule has 0 saturated carbocycles. The molecule has 3 rings (SSSR count). The van der Waals surface area contributed by atoms with E-state index in [1.807, 2.05) is 30.3 Å². The van der Waals surface area contributed by atoms with Crippen LogP contribution in [0, 0.1) is 5.41 Å². The predicted molar refractivity (Wildman–Crippen MR) is 78.5 cm³/mol. The zero-order chi connectivity index (χ0) is 14.3. The SMILES string of the molecule is CC1(C)CC(=O)c2ccc(=O)n(-c3ccccc3)c2C1. The lowest BCUT2D eigenvalue weighted by Gasteiger charge is -2.31. The van der Waals surface area contributed by atoms with Crippen LogP contribution in [0.3, 0.4) is 0 Å². The van der Waals surface area contributed by atoms with E-state index in [4.69, 9.17) is 0 Å². The Hall–Kier alpha value is -2.16. The van der Waals surface area contributed by atoms with E-state index in [9.17, 15) is 9.59 Å². The summed E-state index contributed by atoms with van der Waals surface area (Å²) >= 11 is 0. The van der Waals surface area contributed by atoms with E-state index in [1.165, 1.54) is 6.07 Å². The lowest BCUT2D eigenvalue weighted by molar-refractivity contribution is 0.0909. The van der Waals surface area contributed by atoms with Crippen molar-refractivity contribution in [2.45, 2.75) is 26.7 Å². The number of para-hydroxylation sites is 1. The number of rotatable bonds is 1. The topological polar surface area (TPSA) is 39.1 Å². The molecule has 0 unspecified atom stereocenters. The Morgan fingerprint density at radius 3 is 2.35 bits per heavy atom. The largest absolute Gasteiger partial charge is 0.294 e. The summed E-state index contributed by atoms with van der Waals surface area (Å²) in [6.07, 6.45) is 1.27. The van der Waals surface area contributed by atoms with Crippen LogP contribution >= 0.6 is 0 Å². The van der Waals surface area contributed by atoms with Gasteiger partial charge in [0.1, 0.15) is 0 Å². The first-order valence-electron chi connectivity index (χ1n) is 6.81. The van der Waals surface area contributed by atoms with Crippen LogP contribution in [0.2, 0.25) is 0 Å². The fourth-order valence-electron chi connectivity index (χ4n) is 2.91. The van der Waals surface area contributed by atoms with E-state index in [0.717, 1.165) is 17.8 Å². The van der Waals surface area contributed by atoms with Gasteiger partial charge in [0.15, 0.2) is 5.78 Å². The number of hydrogen-bond donors (Lipinski definition) is 0. The Morgan fingerprint density at radius 1 is 0.950 bits per heavy atom. The first-order chi connectivity index (χ1) is 9.48. The Balaban J connectivity index is 2.29. The Labute approximate surface area is 117 Å². The van der Waals surface area contributed by atoms with E-state index in [1.54, 1.807) is 10.6 Å². The second-order valence-corrected chi connectivity index (χ2v) is 6.14. The van der Waals surface area contributed by atoms with Crippen LogP contribution in [0.4, 0.5) is 0 Å². The van der Waals surface area contributed by atoms with Gasteiger partial charge in [-0.3, -0.25) is 14.2 Å². The average Bonchev–Trinajstić information content (AvgIpc) is 2.38. The normalized spacial score (nSPS) is 16.8. The number of benzene rings is 1. The summed E-state index contributed by atoms with van der Waals surface area (Å²) in [6.45, 7) is 4.14. The zero-order valence-electron chi connectivity index (χ0n) is 11.7. The third-order valence-corrected chi connectivity index (χ3v) is 3.79. The van der Waals surface area contributed by atoms with Crippen molar-refractivity contribution in [2.24, 2.45) is 5.41 Å². The molecule has 0 aliphatic heterocycles. The summed E-state index contributed by atoms with van der Waals surface area (Å²) in [5.41, 5.74) is 2.16. The van der Waals surface area contributed by atoms with Crippen molar-refractivity contribution in [1.29, 1.82) is 0 Å². The number of Topliss-reactive ketones (excluding diaryl/α,β-unsaturated/α-hetero) is 1. The number of carbonyl (C=O) groups is 1. The molecule has 0 fully saturated rings. The highest BCUT2D eigenvalue weighted by Crippen LogP contribution is 2.34. The van der Waals surface area contributed by atoms with Gasteiger partial charge in [-0.1, -0.05) is 32.0 Å². The molecular weight excluding hydrogens is 250 g/mol. The molecule has 0 amide bonds. The van der Waals surface area contributed by atoms with Crippen LogP contribution in [0.1, 0.15) is 36.3 Å². The van der Waals surface area contributed by atoms with Crippen molar-refractivity contribution in [3.05, 3.63) is 64.1 Å². The van der Waals surface area contributed by atoms with Crippen LogP contribution in [-0.2, 0) is 6.42 Å². The minimum atomic E-state index is -0.103. The maximum absolute atomic E-state index is 12.3. The van der Waals surface area contributed by atoms with Gasteiger partial charge in [-0.25, -0.2) is 0 Å². The van der Waals surface area contributed by atoms with Crippen molar-refractivity contribution in [3.8, 4) is 5.69 Å². The molecule has 0 radical (unpaired) electrons. The van der Waals surface area contributed by atoms with Crippen LogP contribution in [0.25, 0.3) is 5.69 Å². The van der Waals surface area contributed by atoms with Gasteiger partial charge in [-0.2, -0.15) is 0 Å². The molecule has 1 aliphatic carbocycles. The molecule has 0 bridgehead atoms. The lowest BCUT2D eigenvalue weighted by Crippen LogP contribution is -2.33. The van der Waals surface area contributed by atoms with E-state index in [2.05, 4.69) is 13.8 Å². The average molecular weight is 267 g/mol. The molecule has 1 aliphatic rings. The minimum Gasteiger partial charge on any atom is -0.294 e. The fourth-order valence-corrected chi connectivity index (χ4v) is 2.91. The molecule has 0 N–H and O–H groups in total. The van der Waals surface area contributed by atoms with Crippen LogP contribution in [0.5, 0.6) is 0 Å². The van der Waals surface area contributed by atoms with Gasteiger partial charge < -0.3 is 0 Å². The van der Waals surface area contributed by atoms with Gasteiger partial charge in [0.05, 0.1) is 0 Å². The van der Waals surface area contributed by atoms with Crippen molar-refractivity contribution in [2.75, 3.05) is 0 Å². The van der Waals surface area contributed by atoms with E-state index >= 15 is 0 Å². The Kier molecular flexibility index (Phi) is 2.85. The molecule has 1 heterocycles. The maximum atomic E-state index is 12.3. The predicted octanol–water partition coefficient (Wildman–Crippen LogP) is 2.99. The smallest absolute Gasteiger partial charge is 0.255 e. The van der Waals surface area contributed by atoms with Crippen LogP contribution < -0.4 is 5.56 Å². The first-order valence-corrected chi connectivity index (χ1v) is 6.81. The molecular formula is C17H17NO2. The van der Waals surface area contributed by atoms with Gasteiger partial charge in [0, 0.05) is 29.4 Å². The molecule has 20 heavy (non-hydrogen) atoms. The number of nitrogens with zero attached hydrogens (tertiary/aromatic N) is 1. The molecule has 0 atom stereocenters. The third-order valence-electron chi connectivity index (χ3n) is 3.79. The number of carbonyl (C=O) groups excluding carboxylic acids is 1. The van der Waals surface area contributed by atoms with E-state index in [0.29, 0.717) is 12.0 Å². The molecule has 1 aromatic carbocycles. The quantitative estimate of drug-likeness (QED) is 0.796. The third kappa shape index (κ3) is 2.09. The summed E-state index contributed by atoms with van der Waals surface area (Å²) < 4.78 is 1.67. The van der Waals surface area contributed by atoms with Gasteiger partial charge in [0.2, 0.25) is 0 Å². The van der Waals surface area contributed by atoms with Gasteiger partial charge >= 0.3 is 0 Å². The zero-order valence-corrected chi connectivity index (χ0v) is 11.7. The van der Waals surface area contributed by atoms with Gasteiger partial charge in [-0.15, -0.1) is 0 Å². The Bertz CT molecular complexity index is 726. The van der Waals surface area contributed by atoms with E-state index < -0.39 is 0 Å². The van der Waals surface area contributed by atoms with Crippen molar-refractivity contribution < 1.29 is 4.79 Å². The summed E-state index contributed by atoms with van der Waals surface area (Å²) in [7, 11) is 0. The highest BCUT2D eigenvalue weighted by atomic mass is 16.1.